The van der Waals surface area contributed by atoms with Crippen LogP contribution in [0.25, 0.3) is 0 Å². The Kier molecular flexibility index (Phi) is 4.06. The van der Waals surface area contributed by atoms with Crippen molar-refractivity contribution in [1.82, 2.24) is 0 Å². The van der Waals surface area contributed by atoms with Gasteiger partial charge in [-0.25, -0.2) is 4.79 Å². The van der Waals surface area contributed by atoms with E-state index in [1.807, 2.05) is 13.0 Å². The van der Waals surface area contributed by atoms with E-state index >= 15 is 0 Å². The topological polar surface area (TPSA) is 54.0 Å². The van der Waals surface area contributed by atoms with E-state index in [1.165, 1.54) is 0 Å². The van der Waals surface area contributed by atoms with E-state index in [9.17, 15) is 4.79 Å². The molecule has 0 aromatic heterocycles. The lowest BCUT2D eigenvalue weighted by Crippen LogP contribution is -2.17. The summed E-state index contributed by atoms with van der Waals surface area (Å²) in [5.41, 5.74) is 0.989. The van der Waals surface area contributed by atoms with Gasteiger partial charge in [-0.05, 0) is 36.8 Å². The molecule has 1 heterocycles. The first-order chi connectivity index (χ1) is 10.6. The van der Waals surface area contributed by atoms with Crippen LogP contribution in [0, 0.1) is 6.92 Å². The summed E-state index contributed by atoms with van der Waals surface area (Å²) >= 11 is 6.00. The molecule has 0 N–H and O–H groups in total. The van der Waals surface area contributed by atoms with E-state index in [4.69, 9.17) is 30.5 Å². The lowest BCUT2D eigenvalue weighted by atomic mass is 10.2. The van der Waals surface area contributed by atoms with Crippen molar-refractivity contribution in [3.63, 3.8) is 0 Å². The van der Waals surface area contributed by atoms with Gasteiger partial charge in [0.05, 0.1) is 5.02 Å². The highest BCUT2D eigenvalue weighted by molar-refractivity contribution is 6.32. The van der Waals surface area contributed by atoms with E-state index in [2.05, 4.69) is 0 Å². The summed E-state index contributed by atoms with van der Waals surface area (Å²) < 4.78 is 21.0. The lowest BCUT2D eigenvalue weighted by Gasteiger charge is -2.09. The molecule has 6 heteroatoms. The van der Waals surface area contributed by atoms with Crippen molar-refractivity contribution < 1.29 is 23.7 Å². The predicted octanol–water partition coefficient (Wildman–Crippen LogP) is 3.36. The minimum atomic E-state index is -0.531. The van der Waals surface area contributed by atoms with Gasteiger partial charge in [0.2, 0.25) is 6.79 Å². The molecule has 0 saturated carbocycles. The Labute approximate surface area is 132 Å². The van der Waals surface area contributed by atoms with Crippen LogP contribution in [0.3, 0.4) is 0 Å². The number of hydrogen-bond donors (Lipinski definition) is 0. The van der Waals surface area contributed by atoms with Gasteiger partial charge in [-0.3, -0.25) is 0 Å². The van der Waals surface area contributed by atoms with E-state index in [-0.39, 0.29) is 13.4 Å². The molecule has 0 radical (unpaired) electrons. The molecule has 2 aromatic rings. The van der Waals surface area contributed by atoms with Crippen molar-refractivity contribution >= 4 is 17.6 Å². The van der Waals surface area contributed by atoms with E-state index in [0.717, 1.165) is 5.56 Å². The molecule has 22 heavy (non-hydrogen) atoms. The van der Waals surface area contributed by atoms with Gasteiger partial charge in [0.25, 0.3) is 0 Å². The summed E-state index contributed by atoms with van der Waals surface area (Å²) in [7, 11) is 0. The number of fused-ring (bicyclic) bond motifs is 1. The van der Waals surface area contributed by atoms with Crippen LogP contribution in [-0.4, -0.2) is 19.4 Å². The predicted molar refractivity (Wildman–Crippen MR) is 79.9 cm³/mol. The monoisotopic (exact) mass is 320 g/mol. The number of carbonyl (C=O) groups is 1. The van der Waals surface area contributed by atoms with Crippen LogP contribution >= 0.6 is 11.6 Å². The van der Waals surface area contributed by atoms with Gasteiger partial charge in [-0.2, -0.15) is 0 Å². The first-order valence-electron chi connectivity index (χ1n) is 6.61. The molecule has 1 aliphatic rings. The minimum absolute atomic E-state index is 0.168. The molecule has 0 saturated heterocycles. The van der Waals surface area contributed by atoms with Crippen LogP contribution in [-0.2, 0) is 4.79 Å². The quantitative estimate of drug-likeness (QED) is 0.638. The maximum absolute atomic E-state index is 11.8. The summed E-state index contributed by atoms with van der Waals surface area (Å²) in [4.78, 5) is 11.8. The molecule has 2 aromatic carbocycles. The van der Waals surface area contributed by atoms with Crippen LogP contribution in [0.4, 0.5) is 0 Å². The SMILES string of the molecule is Cc1ccc(Cl)c(OCC(=O)Oc2ccc3c(c2)OCO3)c1. The van der Waals surface area contributed by atoms with Gasteiger partial charge in [-0.1, -0.05) is 17.7 Å². The van der Waals surface area contributed by atoms with Crippen molar-refractivity contribution in [2.75, 3.05) is 13.4 Å². The molecule has 5 nitrogen and oxygen atoms in total. The first kappa shape index (κ1) is 14.5. The number of carbonyl (C=O) groups excluding carboxylic acids is 1. The number of benzene rings is 2. The molecule has 0 spiro atoms. The molecule has 0 bridgehead atoms. The standard InChI is InChI=1S/C16H13ClO5/c1-10-2-4-12(17)14(6-10)19-8-16(18)22-11-3-5-13-15(7-11)21-9-20-13/h2-7H,8-9H2,1H3. The normalized spacial score (nSPS) is 12.1. The Balaban J connectivity index is 1.59. The number of ether oxygens (including phenoxy) is 4. The van der Waals surface area contributed by atoms with Crippen molar-refractivity contribution in [3.8, 4) is 23.0 Å². The average Bonchev–Trinajstić information content (AvgIpc) is 2.96. The van der Waals surface area contributed by atoms with Gasteiger partial charge in [-0.15, -0.1) is 0 Å². The maximum atomic E-state index is 11.8. The number of esters is 1. The molecule has 0 atom stereocenters. The van der Waals surface area contributed by atoms with E-state index in [1.54, 1.807) is 30.3 Å². The van der Waals surface area contributed by atoms with Crippen LogP contribution in [0.5, 0.6) is 23.0 Å². The zero-order valence-corrected chi connectivity index (χ0v) is 12.6. The highest BCUT2D eigenvalue weighted by atomic mass is 35.5. The largest absolute Gasteiger partial charge is 0.480 e. The Bertz CT molecular complexity index is 714. The van der Waals surface area contributed by atoms with E-state index in [0.29, 0.717) is 28.0 Å². The Morgan fingerprint density at radius 2 is 2.00 bits per heavy atom. The number of aryl methyl sites for hydroxylation is 1. The molecule has 0 fully saturated rings. The third-order valence-electron chi connectivity index (χ3n) is 3.01. The summed E-state index contributed by atoms with van der Waals surface area (Å²) in [6.45, 7) is 1.84. The third kappa shape index (κ3) is 3.26. The molecule has 3 rings (SSSR count). The van der Waals surface area contributed by atoms with Gasteiger partial charge in [0.1, 0.15) is 11.5 Å². The zero-order valence-electron chi connectivity index (χ0n) is 11.8. The summed E-state index contributed by atoms with van der Waals surface area (Å²) in [5.74, 6) is 1.46. The van der Waals surface area contributed by atoms with Gasteiger partial charge in [0, 0.05) is 6.07 Å². The van der Waals surface area contributed by atoms with Gasteiger partial charge < -0.3 is 18.9 Å². The third-order valence-corrected chi connectivity index (χ3v) is 3.32. The number of hydrogen-bond acceptors (Lipinski definition) is 5. The van der Waals surface area contributed by atoms with Crippen molar-refractivity contribution in [2.24, 2.45) is 0 Å². The van der Waals surface area contributed by atoms with Crippen LogP contribution in [0.2, 0.25) is 5.02 Å². The summed E-state index contributed by atoms with van der Waals surface area (Å²) in [6, 6.07) is 10.2. The minimum Gasteiger partial charge on any atom is -0.480 e. The number of halogens is 1. The molecule has 1 aliphatic heterocycles. The summed E-state index contributed by atoms with van der Waals surface area (Å²) in [6.07, 6.45) is 0. The fraction of sp³-hybridized carbons (Fsp3) is 0.188. The molecular weight excluding hydrogens is 308 g/mol. The molecule has 114 valence electrons. The number of rotatable bonds is 4. The fourth-order valence-corrected chi connectivity index (χ4v) is 2.13. The molecule has 0 aliphatic carbocycles. The maximum Gasteiger partial charge on any atom is 0.349 e. The van der Waals surface area contributed by atoms with Crippen LogP contribution in [0.1, 0.15) is 5.56 Å². The summed E-state index contributed by atoms with van der Waals surface area (Å²) in [5, 5.41) is 0.446. The van der Waals surface area contributed by atoms with Crippen molar-refractivity contribution in [2.45, 2.75) is 6.92 Å². The fourth-order valence-electron chi connectivity index (χ4n) is 1.96. The Hall–Kier alpha value is -2.40. The second-order valence-electron chi connectivity index (χ2n) is 4.71. The Morgan fingerprint density at radius 3 is 2.86 bits per heavy atom. The zero-order chi connectivity index (χ0) is 15.5. The average molecular weight is 321 g/mol. The van der Waals surface area contributed by atoms with Crippen LogP contribution in [0.15, 0.2) is 36.4 Å². The van der Waals surface area contributed by atoms with Crippen molar-refractivity contribution in [1.29, 1.82) is 0 Å². The smallest absolute Gasteiger partial charge is 0.349 e. The van der Waals surface area contributed by atoms with Gasteiger partial charge >= 0.3 is 5.97 Å². The second-order valence-corrected chi connectivity index (χ2v) is 5.12. The lowest BCUT2D eigenvalue weighted by molar-refractivity contribution is -0.136. The van der Waals surface area contributed by atoms with Gasteiger partial charge in [0.15, 0.2) is 18.1 Å². The molecule has 0 unspecified atom stereocenters. The molecular formula is C16H13ClO5. The highest BCUT2D eigenvalue weighted by Crippen LogP contribution is 2.35. The first-order valence-corrected chi connectivity index (χ1v) is 6.99. The Morgan fingerprint density at radius 1 is 1.18 bits per heavy atom. The van der Waals surface area contributed by atoms with Crippen molar-refractivity contribution in [3.05, 3.63) is 47.0 Å². The van der Waals surface area contributed by atoms with E-state index < -0.39 is 5.97 Å². The second kappa shape index (κ2) is 6.15. The van der Waals surface area contributed by atoms with Crippen LogP contribution < -0.4 is 18.9 Å². The molecule has 0 amide bonds. The highest BCUT2D eigenvalue weighted by Gasteiger charge is 2.15.